The van der Waals surface area contributed by atoms with Crippen molar-refractivity contribution in [2.75, 3.05) is 45.4 Å². The van der Waals surface area contributed by atoms with Crippen LogP contribution in [0.2, 0.25) is 0 Å². The third-order valence-corrected chi connectivity index (χ3v) is 15.8. The average Bonchev–Trinajstić information content (AvgIpc) is 3.44. The molecular formula is C42H72O35S. The lowest BCUT2D eigenvalue weighted by atomic mass is 9.96. The molecule has 35 atom stereocenters. The first-order valence-electron chi connectivity index (χ1n) is 24.7. The van der Waals surface area contributed by atoms with E-state index in [0.29, 0.717) is 11.8 Å². The van der Waals surface area contributed by atoms with E-state index in [0.717, 1.165) is 0 Å². The molecule has 7 fully saturated rings. The maximum absolute atomic E-state index is 11.7. The van der Waals surface area contributed by atoms with Gasteiger partial charge in [-0.3, -0.25) is 0 Å². The van der Waals surface area contributed by atoms with Crippen molar-refractivity contribution in [3.63, 3.8) is 0 Å². The highest BCUT2D eigenvalue weighted by molar-refractivity contribution is 7.99. The second kappa shape index (κ2) is 27.8. The maximum atomic E-state index is 11.7. The Morgan fingerprint density at radius 3 is 0.846 bits per heavy atom. The lowest BCUT2D eigenvalue weighted by molar-refractivity contribution is -0.384. The molecule has 0 aromatic carbocycles. The number of rotatable bonds is 19. The van der Waals surface area contributed by atoms with Gasteiger partial charge in [0, 0.05) is 5.75 Å². The summed E-state index contributed by atoms with van der Waals surface area (Å²) in [5.41, 5.74) is -1.63. The van der Waals surface area contributed by atoms with Crippen molar-refractivity contribution in [1.82, 2.24) is 0 Å². The van der Waals surface area contributed by atoms with E-state index in [1.807, 2.05) is 0 Å². The van der Waals surface area contributed by atoms with E-state index in [2.05, 4.69) is 0 Å². The molecule has 7 rings (SSSR count). The van der Waals surface area contributed by atoms with Crippen LogP contribution in [0.15, 0.2) is 0 Å². The van der Waals surface area contributed by atoms with Gasteiger partial charge in [0.25, 0.3) is 0 Å². The molecule has 7 aliphatic heterocycles. The first-order chi connectivity index (χ1) is 37.0. The molecule has 0 aromatic rings. The molecule has 0 aliphatic carbocycles. The van der Waals surface area contributed by atoms with E-state index in [1.165, 1.54) is 0 Å². The molecule has 0 spiro atoms. The molecule has 35 nitrogen and oxygen atoms in total. The fourth-order valence-electron chi connectivity index (χ4n) is 9.90. The predicted octanol–water partition coefficient (Wildman–Crippen LogP) is -15.6. The molecule has 0 aromatic heterocycles. The highest BCUT2D eigenvalue weighted by Crippen LogP contribution is 2.39. The number of aliphatic hydroxyl groups is 23. The largest absolute Gasteiger partial charge is 0.394 e. The van der Waals surface area contributed by atoms with Crippen LogP contribution in [-0.2, 0) is 56.8 Å². The van der Waals surface area contributed by atoms with Crippen molar-refractivity contribution >= 4 is 11.8 Å². The van der Waals surface area contributed by atoms with Gasteiger partial charge in [-0.05, 0) is 0 Å². The Bertz CT molecular complexity index is 1810. The Morgan fingerprint density at radius 1 is 0.244 bits per heavy atom. The van der Waals surface area contributed by atoms with Crippen molar-refractivity contribution in [1.29, 1.82) is 0 Å². The van der Waals surface area contributed by atoms with Crippen LogP contribution in [0.25, 0.3) is 0 Å². The summed E-state index contributed by atoms with van der Waals surface area (Å²) in [6.45, 7) is -5.68. The third kappa shape index (κ3) is 13.2. The zero-order valence-corrected chi connectivity index (χ0v) is 41.6. The quantitative estimate of drug-likeness (QED) is 0.0571. The first-order valence-corrected chi connectivity index (χ1v) is 25.7. The number of hydrogen-bond donors (Lipinski definition) is 23. The number of thioether (sulfide) groups is 1. The van der Waals surface area contributed by atoms with Crippen LogP contribution < -0.4 is 0 Å². The first kappa shape index (κ1) is 64.5. The minimum Gasteiger partial charge on any atom is -0.394 e. The SMILES string of the molecule is OCC1O[C@H](O[C@@H]2C(CO)O[C@H](O[C@@H]3C(CS[C@H]4OC(CO)[C@@H](O[C@H]5OC(CO)[C@@H](O[C@H]6OC(CO)[C@@H](O)[C@H](O)C6O)[C@H](O)C5O)[C@H](O)C4O)O[C@H](O[C@@H]4C(CO)O[C@@H](O)C(O)[C@H]4O)C(O)[C@H]3O)C(O)[C@H]2O)C(O)[C@@H](O)[C@@H]1O. The Morgan fingerprint density at radius 2 is 0.500 bits per heavy atom. The molecule has 23 N–H and O–H groups in total. The van der Waals surface area contributed by atoms with Crippen molar-refractivity contribution in [2.45, 2.75) is 214 Å². The van der Waals surface area contributed by atoms with Crippen LogP contribution in [0.1, 0.15) is 0 Å². The summed E-state index contributed by atoms with van der Waals surface area (Å²) in [7, 11) is 0. The fraction of sp³-hybridized carbons (Fsp3) is 1.00. The molecule has 78 heavy (non-hydrogen) atoms. The van der Waals surface area contributed by atoms with Gasteiger partial charge in [-0.15, -0.1) is 11.8 Å². The normalized spacial score (nSPS) is 53.5. The van der Waals surface area contributed by atoms with E-state index < -0.39 is 259 Å². The van der Waals surface area contributed by atoms with Crippen LogP contribution in [0, 0.1) is 0 Å². The van der Waals surface area contributed by atoms with Crippen LogP contribution in [0.3, 0.4) is 0 Å². The predicted molar refractivity (Wildman–Crippen MR) is 238 cm³/mol. The molecule has 0 amide bonds. The smallest absolute Gasteiger partial charge is 0.187 e. The zero-order valence-electron chi connectivity index (χ0n) is 40.8. The monoisotopic (exact) mass is 1170 g/mol. The van der Waals surface area contributed by atoms with E-state index in [9.17, 15) is 117 Å². The second-order valence-electron chi connectivity index (χ2n) is 19.6. The summed E-state index contributed by atoms with van der Waals surface area (Å²) < 4.78 is 67.4. The van der Waals surface area contributed by atoms with Crippen molar-refractivity contribution in [3.05, 3.63) is 0 Å². The Balaban J connectivity index is 1.06. The van der Waals surface area contributed by atoms with Crippen LogP contribution in [0.4, 0.5) is 0 Å². The van der Waals surface area contributed by atoms with E-state index in [4.69, 9.17) is 56.8 Å². The van der Waals surface area contributed by atoms with Crippen molar-refractivity contribution in [2.24, 2.45) is 0 Å². The van der Waals surface area contributed by atoms with Crippen molar-refractivity contribution in [3.8, 4) is 0 Å². The van der Waals surface area contributed by atoms with E-state index in [-0.39, 0.29) is 0 Å². The van der Waals surface area contributed by atoms with E-state index >= 15 is 0 Å². The molecule has 0 radical (unpaired) electrons. The third-order valence-electron chi connectivity index (χ3n) is 14.5. The average molecular weight is 1170 g/mol. The van der Waals surface area contributed by atoms with Crippen molar-refractivity contribution < 1.29 is 174 Å². The lowest BCUT2D eigenvalue weighted by Crippen LogP contribution is -2.67. The van der Waals surface area contributed by atoms with Crippen LogP contribution in [-0.4, -0.2) is 377 Å². The standard InChI is InChI=1S/C42H72O35S/c43-1-8-15(49)17(51)25(59)37(67-8)74-32-11(4-46)69-39(27(61)20(32)54)76-34-13(6-48)72-42(30(64)23(34)57)78-7-14-35(22(56)29(63)41(71-14)73-31-10(3-45)66-36(65)24(58)19(31)53)77-40-28(62)21(55)33(12(5-47)70-40)75-38-26(60)18(52)16(50)9(2-44)68-38/h8-65H,1-7H2/t8?,9?,10?,11?,12?,13?,14?,15-,16-,17+,18+,19-,20-,21-,22-,23-,24?,25?,26?,27?,28?,29?,30?,31-,32-,33-,34-,35-,36-,37-,38-,39-,40-,41-,42-/m1/s1. The van der Waals surface area contributed by atoms with Crippen LogP contribution in [0.5, 0.6) is 0 Å². The fourth-order valence-corrected chi connectivity index (χ4v) is 11.1. The topological polar surface area (TPSA) is 576 Å². The number of ether oxygens (including phenoxy) is 12. The van der Waals surface area contributed by atoms with Gasteiger partial charge in [-0.2, -0.15) is 0 Å². The molecule has 0 saturated carbocycles. The molecule has 14 unspecified atom stereocenters. The molecule has 456 valence electrons. The summed E-state index contributed by atoms with van der Waals surface area (Å²) in [5.74, 6) is -0.594. The van der Waals surface area contributed by atoms with Gasteiger partial charge in [0.15, 0.2) is 37.7 Å². The molecular weight excluding hydrogens is 1100 g/mol. The highest BCUT2D eigenvalue weighted by Gasteiger charge is 2.58. The van der Waals surface area contributed by atoms with Gasteiger partial charge in [-0.25, -0.2) is 0 Å². The van der Waals surface area contributed by atoms with Crippen LogP contribution >= 0.6 is 11.8 Å². The summed E-state index contributed by atoms with van der Waals surface area (Å²) >= 11 is 0.562. The highest BCUT2D eigenvalue weighted by atomic mass is 32.2. The summed E-state index contributed by atoms with van der Waals surface area (Å²) in [6.07, 6.45) is -64.9. The maximum Gasteiger partial charge on any atom is 0.187 e. The minimum atomic E-state index is -2.22. The lowest BCUT2D eigenvalue weighted by Gasteiger charge is -2.49. The summed E-state index contributed by atoms with van der Waals surface area (Å²) in [4.78, 5) is 0. The van der Waals surface area contributed by atoms with Gasteiger partial charge in [0.1, 0.15) is 170 Å². The zero-order chi connectivity index (χ0) is 57.3. The molecule has 7 saturated heterocycles. The van der Waals surface area contributed by atoms with E-state index in [1.54, 1.807) is 0 Å². The number of aliphatic hydroxyl groups excluding tert-OH is 23. The van der Waals surface area contributed by atoms with Gasteiger partial charge in [0.05, 0.1) is 45.7 Å². The van der Waals surface area contributed by atoms with Gasteiger partial charge in [-0.1, -0.05) is 0 Å². The Hall–Kier alpha value is -1.05. The molecule has 0 bridgehead atoms. The molecule has 7 aliphatic rings. The Kier molecular flexibility index (Phi) is 23.0. The van der Waals surface area contributed by atoms with Gasteiger partial charge in [0.2, 0.25) is 0 Å². The Labute approximate surface area is 444 Å². The summed E-state index contributed by atoms with van der Waals surface area (Å²) in [5, 5.41) is 244. The number of hydrogen-bond acceptors (Lipinski definition) is 36. The molecule has 7 heterocycles. The van der Waals surface area contributed by atoms with Gasteiger partial charge < -0.3 is 174 Å². The summed E-state index contributed by atoms with van der Waals surface area (Å²) in [6, 6.07) is 0. The minimum absolute atomic E-state index is 0.562. The second-order valence-corrected chi connectivity index (χ2v) is 20.7. The molecule has 36 heteroatoms. The van der Waals surface area contributed by atoms with Gasteiger partial charge >= 0.3 is 0 Å².